The molecule has 0 aromatic heterocycles. The van der Waals surface area contributed by atoms with Crippen LogP contribution in [0, 0.1) is 21.7 Å². The average Bonchev–Trinajstić information content (AvgIpc) is 2.58. The van der Waals surface area contributed by atoms with Gasteiger partial charge < -0.3 is 4.74 Å². The number of nitrogens with zero attached hydrogens (tertiary/aromatic N) is 1. The minimum absolute atomic E-state index is 0.0273. The van der Waals surface area contributed by atoms with E-state index in [9.17, 15) is 4.79 Å². The van der Waals surface area contributed by atoms with Gasteiger partial charge in [-0.2, -0.15) is 0 Å². The number of carbonyl (C=O) groups is 1. The fraction of sp³-hybridized carbons (Fsp3) is 0.947. The number of hydrogen-bond acceptors (Lipinski definition) is 3. The minimum atomic E-state index is -0.276. The molecule has 3 aliphatic rings. The highest BCUT2D eigenvalue weighted by molar-refractivity contribution is 5.89. The van der Waals surface area contributed by atoms with Gasteiger partial charge in [-0.15, -0.1) is 0 Å². The van der Waals surface area contributed by atoms with Gasteiger partial charge in [0.1, 0.15) is 0 Å². The Morgan fingerprint density at radius 2 is 1.59 bits per heavy atom. The lowest BCUT2D eigenvalue weighted by atomic mass is 9.81. The summed E-state index contributed by atoms with van der Waals surface area (Å²) in [5.74, 6) is 0.400. The Labute approximate surface area is 135 Å². The molecule has 2 aliphatic heterocycles. The van der Waals surface area contributed by atoms with Crippen molar-refractivity contribution < 1.29 is 9.53 Å². The van der Waals surface area contributed by atoms with E-state index in [-0.39, 0.29) is 27.8 Å². The third kappa shape index (κ3) is 1.73. The molecule has 3 rings (SSSR count). The first-order valence-electron chi connectivity index (χ1n) is 8.69. The van der Waals surface area contributed by atoms with Crippen LogP contribution >= 0.6 is 0 Å². The van der Waals surface area contributed by atoms with Crippen LogP contribution in [0.15, 0.2) is 0 Å². The highest BCUT2D eigenvalue weighted by atomic mass is 16.5. The van der Waals surface area contributed by atoms with E-state index < -0.39 is 0 Å². The van der Waals surface area contributed by atoms with Gasteiger partial charge in [-0.3, -0.25) is 9.69 Å². The fourth-order valence-corrected chi connectivity index (χ4v) is 5.35. The van der Waals surface area contributed by atoms with Gasteiger partial charge >= 0.3 is 0 Å². The van der Waals surface area contributed by atoms with Gasteiger partial charge in [-0.05, 0) is 32.6 Å². The zero-order valence-electron chi connectivity index (χ0n) is 15.7. The van der Waals surface area contributed by atoms with E-state index in [1.54, 1.807) is 0 Å². The zero-order valence-corrected chi connectivity index (χ0v) is 15.7. The molecule has 0 aromatic rings. The lowest BCUT2D eigenvalue weighted by Gasteiger charge is -2.38. The molecule has 0 N–H and O–H groups in total. The molecule has 2 atom stereocenters. The minimum Gasteiger partial charge on any atom is -0.380 e. The number of hydrogen-bond donors (Lipinski definition) is 0. The maximum absolute atomic E-state index is 13.1. The third-order valence-corrected chi connectivity index (χ3v) is 7.21. The molecular weight excluding hydrogens is 274 g/mol. The van der Waals surface area contributed by atoms with Crippen molar-refractivity contribution in [1.82, 2.24) is 4.90 Å². The van der Waals surface area contributed by atoms with Crippen LogP contribution in [-0.2, 0) is 9.53 Å². The first kappa shape index (κ1) is 16.4. The van der Waals surface area contributed by atoms with Crippen molar-refractivity contribution in [2.24, 2.45) is 21.7 Å². The van der Waals surface area contributed by atoms with Gasteiger partial charge in [0, 0.05) is 28.3 Å². The molecule has 2 spiro atoms. The molecule has 3 fully saturated rings. The monoisotopic (exact) mass is 307 g/mol. The molecule has 3 nitrogen and oxygen atoms in total. The predicted octanol–water partition coefficient (Wildman–Crippen LogP) is 3.52. The SMILES string of the molecule is CC(C)(C)C(=O)[C@@H]1C[C@@]2(CN1C(C)(C)C)C(C)(C)C21COC1. The normalized spacial score (nSPS) is 36.6. The van der Waals surface area contributed by atoms with Gasteiger partial charge in [0.15, 0.2) is 5.78 Å². The Morgan fingerprint density at radius 3 is 1.91 bits per heavy atom. The first-order valence-corrected chi connectivity index (χ1v) is 8.69. The van der Waals surface area contributed by atoms with Crippen LogP contribution < -0.4 is 0 Å². The molecule has 1 saturated carbocycles. The lowest BCUT2D eigenvalue weighted by Crippen LogP contribution is -2.50. The van der Waals surface area contributed by atoms with E-state index in [4.69, 9.17) is 4.74 Å². The van der Waals surface area contributed by atoms with Gasteiger partial charge in [-0.1, -0.05) is 34.6 Å². The average molecular weight is 307 g/mol. The Morgan fingerprint density at radius 1 is 1.05 bits per heavy atom. The maximum atomic E-state index is 13.1. The number of fused-ring (bicyclic) bond motifs is 1. The number of likely N-dealkylation sites (tertiary alicyclic amines) is 1. The molecule has 0 unspecified atom stereocenters. The lowest BCUT2D eigenvalue weighted by molar-refractivity contribution is -0.132. The van der Waals surface area contributed by atoms with Gasteiger partial charge in [0.05, 0.1) is 19.3 Å². The molecule has 0 amide bonds. The molecule has 22 heavy (non-hydrogen) atoms. The van der Waals surface area contributed by atoms with Crippen molar-refractivity contribution in [3.05, 3.63) is 0 Å². The van der Waals surface area contributed by atoms with Crippen molar-refractivity contribution in [2.45, 2.75) is 73.4 Å². The summed E-state index contributed by atoms with van der Waals surface area (Å²) in [6.07, 6.45) is 1.01. The Bertz CT molecular complexity index is 505. The number of ether oxygens (including phenoxy) is 1. The van der Waals surface area contributed by atoms with Crippen LogP contribution in [0.2, 0.25) is 0 Å². The van der Waals surface area contributed by atoms with E-state index >= 15 is 0 Å². The summed E-state index contributed by atoms with van der Waals surface area (Å²) in [6.45, 7) is 20.5. The summed E-state index contributed by atoms with van der Waals surface area (Å²) >= 11 is 0. The molecule has 2 saturated heterocycles. The summed E-state index contributed by atoms with van der Waals surface area (Å²) in [6, 6.07) is 0.0549. The largest absolute Gasteiger partial charge is 0.380 e. The van der Waals surface area contributed by atoms with Gasteiger partial charge in [0.2, 0.25) is 0 Å². The van der Waals surface area contributed by atoms with Crippen LogP contribution in [0.25, 0.3) is 0 Å². The van der Waals surface area contributed by atoms with Crippen LogP contribution in [-0.4, -0.2) is 42.0 Å². The number of Topliss-reactive ketones (excluding diaryl/α,β-unsaturated/α-hetero) is 1. The fourth-order valence-electron chi connectivity index (χ4n) is 5.35. The van der Waals surface area contributed by atoms with Crippen LogP contribution in [0.4, 0.5) is 0 Å². The molecule has 0 radical (unpaired) electrons. The molecular formula is C19H33NO2. The molecule has 2 heterocycles. The Hall–Kier alpha value is -0.410. The van der Waals surface area contributed by atoms with Crippen molar-refractivity contribution in [2.75, 3.05) is 19.8 Å². The maximum Gasteiger partial charge on any atom is 0.155 e. The van der Waals surface area contributed by atoms with E-state index in [1.807, 2.05) is 0 Å². The Balaban J connectivity index is 1.96. The topological polar surface area (TPSA) is 29.5 Å². The van der Waals surface area contributed by atoms with Gasteiger partial charge in [-0.25, -0.2) is 0 Å². The van der Waals surface area contributed by atoms with Crippen molar-refractivity contribution >= 4 is 5.78 Å². The second kappa shape index (κ2) is 4.16. The smallest absolute Gasteiger partial charge is 0.155 e. The molecule has 1 aliphatic carbocycles. The van der Waals surface area contributed by atoms with E-state index in [0.29, 0.717) is 11.2 Å². The highest BCUT2D eigenvalue weighted by Gasteiger charge is 2.86. The molecule has 0 bridgehead atoms. The Kier molecular flexibility index (Phi) is 3.11. The molecule has 3 heteroatoms. The quantitative estimate of drug-likeness (QED) is 0.742. The number of rotatable bonds is 1. The predicted molar refractivity (Wildman–Crippen MR) is 88.8 cm³/mol. The van der Waals surface area contributed by atoms with E-state index in [0.717, 1.165) is 26.2 Å². The summed E-state index contributed by atoms with van der Waals surface area (Å²) in [7, 11) is 0. The van der Waals surface area contributed by atoms with E-state index in [1.165, 1.54) is 0 Å². The second-order valence-corrected chi connectivity index (χ2v) is 10.4. The first-order chi connectivity index (χ1) is 9.80. The zero-order chi connectivity index (χ0) is 16.8. The van der Waals surface area contributed by atoms with Crippen LogP contribution in [0.1, 0.15) is 61.8 Å². The van der Waals surface area contributed by atoms with Crippen molar-refractivity contribution in [3.8, 4) is 0 Å². The van der Waals surface area contributed by atoms with E-state index in [2.05, 4.69) is 60.3 Å². The number of carbonyl (C=O) groups excluding carboxylic acids is 1. The van der Waals surface area contributed by atoms with Crippen molar-refractivity contribution in [1.29, 1.82) is 0 Å². The summed E-state index contributed by atoms with van der Waals surface area (Å²) in [4.78, 5) is 15.6. The summed E-state index contributed by atoms with van der Waals surface area (Å²) < 4.78 is 5.60. The highest BCUT2D eigenvalue weighted by Crippen LogP contribution is 2.84. The second-order valence-electron chi connectivity index (χ2n) is 10.4. The van der Waals surface area contributed by atoms with Crippen molar-refractivity contribution in [3.63, 3.8) is 0 Å². The standard InChI is InChI=1S/C19H33NO2/c1-15(2,3)14(21)13-9-18(10-20(13)16(4,5)6)17(7,8)19(18)11-22-12-19/h13H,9-12H2,1-8H3/t13-,18+/m0/s1. The third-order valence-electron chi connectivity index (χ3n) is 7.21. The number of ketones is 1. The van der Waals surface area contributed by atoms with Crippen LogP contribution in [0.3, 0.4) is 0 Å². The van der Waals surface area contributed by atoms with Crippen LogP contribution in [0.5, 0.6) is 0 Å². The van der Waals surface area contributed by atoms with Gasteiger partial charge in [0.25, 0.3) is 0 Å². The summed E-state index contributed by atoms with van der Waals surface area (Å²) in [5.41, 5.74) is 0.615. The summed E-state index contributed by atoms with van der Waals surface area (Å²) in [5, 5.41) is 0. The molecule has 0 aromatic carbocycles. The molecule has 126 valence electrons.